The molecule has 0 radical (unpaired) electrons. The Morgan fingerprint density at radius 1 is 0.935 bits per heavy atom. The van der Waals surface area contributed by atoms with Gasteiger partial charge in [0.2, 0.25) is 0 Å². The third kappa shape index (κ3) is 5.11. The highest BCUT2D eigenvalue weighted by Gasteiger charge is 2.19. The van der Waals surface area contributed by atoms with Crippen molar-refractivity contribution in [2.75, 3.05) is 45.3 Å². The molecule has 1 saturated heterocycles. The number of rotatable bonds is 8. The maximum atomic E-state index is 13.1. The average Bonchev–Trinajstić information content (AvgIpc) is 3.25. The normalized spacial score (nSPS) is 14.6. The molecule has 2 heterocycles. The number of ether oxygens (including phenoxy) is 2. The summed E-state index contributed by atoms with van der Waals surface area (Å²) in [6, 6.07) is 12.6. The fourth-order valence-electron chi connectivity index (χ4n) is 3.80. The molecule has 1 aliphatic rings. The van der Waals surface area contributed by atoms with Crippen LogP contribution in [0.3, 0.4) is 0 Å². The van der Waals surface area contributed by atoms with Crippen molar-refractivity contribution >= 4 is 5.69 Å². The average molecular weight is 426 g/mol. The van der Waals surface area contributed by atoms with Gasteiger partial charge in [0.1, 0.15) is 5.82 Å². The zero-order chi connectivity index (χ0) is 21.6. The summed E-state index contributed by atoms with van der Waals surface area (Å²) < 4.78 is 25.7. The molecule has 0 spiro atoms. The highest BCUT2D eigenvalue weighted by Crippen LogP contribution is 2.27. The van der Waals surface area contributed by atoms with Crippen molar-refractivity contribution in [2.45, 2.75) is 19.5 Å². The predicted octanol–water partition coefficient (Wildman–Crippen LogP) is 2.39. The fourth-order valence-corrected chi connectivity index (χ4v) is 3.80. The molecule has 164 valence electrons. The molecule has 9 heteroatoms. The van der Waals surface area contributed by atoms with E-state index in [9.17, 15) is 4.39 Å². The number of benzene rings is 2. The van der Waals surface area contributed by atoms with Gasteiger partial charge >= 0.3 is 0 Å². The minimum atomic E-state index is -0.206. The van der Waals surface area contributed by atoms with Gasteiger partial charge in [-0.05, 0) is 58.8 Å². The van der Waals surface area contributed by atoms with Crippen molar-refractivity contribution in [3.05, 3.63) is 59.7 Å². The molecular weight excluding hydrogens is 399 g/mol. The van der Waals surface area contributed by atoms with Gasteiger partial charge < -0.3 is 14.4 Å². The monoisotopic (exact) mass is 426 g/mol. The van der Waals surface area contributed by atoms with Crippen molar-refractivity contribution in [3.63, 3.8) is 0 Å². The number of aromatic nitrogens is 4. The smallest absolute Gasteiger partial charge is 0.165 e. The second-order valence-corrected chi connectivity index (χ2v) is 7.50. The predicted molar refractivity (Wildman–Crippen MR) is 115 cm³/mol. The lowest BCUT2D eigenvalue weighted by Crippen LogP contribution is -2.46. The van der Waals surface area contributed by atoms with Crippen LogP contribution in [-0.4, -0.2) is 65.5 Å². The molecule has 3 aromatic rings. The van der Waals surface area contributed by atoms with Crippen LogP contribution in [0.25, 0.3) is 0 Å². The van der Waals surface area contributed by atoms with Crippen molar-refractivity contribution in [1.29, 1.82) is 0 Å². The third-order valence-corrected chi connectivity index (χ3v) is 5.60. The number of anilines is 1. The number of methoxy groups -OCH3 is 2. The second kappa shape index (κ2) is 9.74. The highest BCUT2D eigenvalue weighted by atomic mass is 19.1. The Morgan fingerprint density at radius 3 is 2.39 bits per heavy atom. The maximum Gasteiger partial charge on any atom is 0.165 e. The van der Waals surface area contributed by atoms with Crippen LogP contribution in [0.15, 0.2) is 42.5 Å². The second-order valence-electron chi connectivity index (χ2n) is 7.50. The lowest BCUT2D eigenvalue weighted by atomic mass is 10.1. The van der Waals surface area contributed by atoms with Gasteiger partial charge in [-0.15, -0.1) is 5.10 Å². The number of halogens is 1. The first kappa shape index (κ1) is 21.0. The fraction of sp³-hybridized carbons (Fsp3) is 0.409. The minimum Gasteiger partial charge on any atom is -0.493 e. The molecule has 0 saturated carbocycles. The summed E-state index contributed by atoms with van der Waals surface area (Å²) in [4.78, 5) is 4.62. The van der Waals surface area contributed by atoms with Crippen molar-refractivity contribution in [2.24, 2.45) is 0 Å². The topological polar surface area (TPSA) is 68.5 Å². The molecule has 0 bridgehead atoms. The summed E-state index contributed by atoms with van der Waals surface area (Å²) in [5.74, 6) is 2.09. The summed E-state index contributed by atoms with van der Waals surface area (Å²) in [7, 11) is 3.27. The van der Waals surface area contributed by atoms with Gasteiger partial charge in [-0.2, -0.15) is 0 Å². The quantitative estimate of drug-likeness (QED) is 0.548. The summed E-state index contributed by atoms with van der Waals surface area (Å²) in [6.07, 6.45) is 0.788. The summed E-state index contributed by atoms with van der Waals surface area (Å²) in [5.41, 5.74) is 2.19. The standard InChI is InChI=1S/C22H27FN6O2/c1-30-20-8-3-17(15-21(20)31-2)9-10-29-22(24-25-26-29)16-27-11-13-28(14-12-27)19-6-4-18(23)5-7-19/h3-8,15H,9-14,16H2,1-2H3. The van der Waals surface area contributed by atoms with E-state index in [1.54, 1.807) is 14.2 Å². The Bertz CT molecular complexity index is 986. The molecule has 0 unspecified atom stereocenters. The van der Waals surface area contributed by atoms with Crippen LogP contribution >= 0.6 is 0 Å². The zero-order valence-electron chi connectivity index (χ0n) is 17.9. The summed E-state index contributed by atoms with van der Waals surface area (Å²) >= 11 is 0. The summed E-state index contributed by atoms with van der Waals surface area (Å²) in [5, 5.41) is 12.3. The van der Waals surface area contributed by atoms with E-state index < -0.39 is 0 Å². The van der Waals surface area contributed by atoms with Gasteiger partial charge in [0.15, 0.2) is 17.3 Å². The summed E-state index contributed by atoms with van der Waals surface area (Å²) in [6.45, 7) is 4.97. The lowest BCUT2D eigenvalue weighted by molar-refractivity contribution is 0.239. The van der Waals surface area contributed by atoms with Gasteiger partial charge in [0, 0.05) is 38.4 Å². The van der Waals surface area contributed by atoms with Gasteiger partial charge in [-0.3, -0.25) is 4.90 Å². The largest absolute Gasteiger partial charge is 0.493 e. The van der Waals surface area contributed by atoms with E-state index in [-0.39, 0.29) is 5.82 Å². The van der Waals surface area contributed by atoms with Crippen LogP contribution in [-0.2, 0) is 19.5 Å². The van der Waals surface area contributed by atoms with Gasteiger partial charge in [0.05, 0.1) is 20.8 Å². The Balaban J connectivity index is 1.31. The van der Waals surface area contributed by atoms with Crippen molar-refractivity contribution < 1.29 is 13.9 Å². The number of hydrogen-bond acceptors (Lipinski definition) is 7. The number of nitrogens with zero attached hydrogens (tertiary/aromatic N) is 6. The SMILES string of the molecule is COc1ccc(CCn2nnnc2CN2CCN(c3ccc(F)cc3)CC2)cc1OC. The van der Waals surface area contributed by atoms with Crippen LogP contribution in [0.2, 0.25) is 0 Å². The minimum absolute atomic E-state index is 0.206. The van der Waals surface area contributed by atoms with Gasteiger partial charge in [-0.25, -0.2) is 9.07 Å². The van der Waals surface area contributed by atoms with Crippen molar-refractivity contribution in [1.82, 2.24) is 25.1 Å². The van der Waals surface area contributed by atoms with Crippen LogP contribution < -0.4 is 14.4 Å². The van der Waals surface area contributed by atoms with Gasteiger partial charge in [-0.1, -0.05) is 6.07 Å². The van der Waals surface area contributed by atoms with E-state index in [0.717, 1.165) is 55.4 Å². The highest BCUT2D eigenvalue weighted by molar-refractivity contribution is 5.46. The van der Waals surface area contributed by atoms with E-state index in [2.05, 4.69) is 25.3 Å². The first-order valence-corrected chi connectivity index (χ1v) is 10.3. The molecule has 2 aromatic carbocycles. The van der Waals surface area contributed by atoms with E-state index >= 15 is 0 Å². The van der Waals surface area contributed by atoms with Crippen LogP contribution in [0.4, 0.5) is 10.1 Å². The number of hydrogen-bond donors (Lipinski definition) is 0. The molecule has 1 aromatic heterocycles. The Morgan fingerprint density at radius 2 is 1.68 bits per heavy atom. The van der Waals surface area contributed by atoms with Gasteiger partial charge in [0.25, 0.3) is 0 Å². The van der Waals surface area contributed by atoms with E-state index in [0.29, 0.717) is 18.8 Å². The molecule has 0 N–H and O–H groups in total. The Kier molecular flexibility index (Phi) is 6.61. The first-order chi connectivity index (χ1) is 15.2. The zero-order valence-corrected chi connectivity index (χ0v) is 17.9. The number of aryl methyl sites for hydroxylation is 2. The first-order valence-electron chi connectivity index (χ1n) is 10.3. The number of piperazine rings is 1. The third-order valence-electron chi connectivity index (χ3n) is 5.60. The molecule has 8 nitrogen and oxygen atoms in total. The molecule has 0 amide bonds. The molecule has 4 rings (SSSR count). The molecule has 0 atom stereocenters. The molecule has 31 heavy (non-hydrogen) atoms. The Labute approximate surface area is 181 Å². The number of tetrazole rings is 1. The van der Waals surface area contributed by atoms with E-state index in [4.69, 9.17) is 9.47 Å². The molecular formula is C22H27FN6O2. The molecule has 1 fully saturated rings. The van der Waals surface area contributed by atoms with Crippen LogP contribution in [0, 0.1) is 5.82 Å². The van der Waals surface area contributed by atoms with E-state index in [1.165, 1.54) is 12.1 Å². The van der Waals surface area contributed by atoms with E-state index in [1.807, 2.05) is 35.0 Å². The lowest BCUT2D eigenvalue weighted by Gasteiger charge is -2.35. The molecule has 1 aliphatic heterocycles. The van der Waals surface area contributed by atoms with Crippen LogP contribution in [0.5, 0.6) is 11.5 Å². The maximum absolute atomic E-state index is 13.1. The van der Waals surface area contributed by atoms with Crippen molar-refractivity contribution in [3.8, 4) is 11.5 Å². The molecule has 0 aliphatic carbocycles. The Hall–Kier alpha value is -3.20. The van der Waals surface area contributed by atoms with Crippen LogP contribution in [0.1, 0.15) is 11.4 Å².